The first-order chi connectivity index (χ1) is 16.1. The van der Waals surface area contributed by atoms with Gasteiger partial charge in [0.1, 0.15) is 11.5 Å². The van der Waals surface area contributed by atoms with Crippen LogP contribution in [0.25, 0.3) is 0 Å². The highest BCUT2D eigenvalue weighted by molar-refractivity contribution is 6.11. The van der Waals surface area contributed by atoms with Crippen LogP contribution in [0.2, 0.25) is 0 Å². The molecule has 0 amide bonds. The third-order valence-corrected chi connectivity index (χ3v) is 5.50. The molecule has 0 saturated carbocycles. The summed E-state index contributed by atoms with van der Waals surface area (Å²) >= 11 is 0. The maximum Gasteiger partial charge on any atom is 0.196 e. The van der Waals surface area contributed by atoms with Crippen LogP contribution >= 0.6 is 0 Å². The van der Waals surface area contributed by atoms with Gasteiger partial charge in [-0.25, -0.2) is 0 Å². The molecule has 33 heavy (non-hydrogen) atoms. The molecule has 0 saturated heterocycles. The van der Waals surface area contributed by atoms with Gasteiger partial charge in [0.2, 0.25) is 0 Å². The number of ether oxygens (including phenoxy) is 2. The van der Waals surface area contributed by atoms with Gasteiger partial charge in [0, 0.05) is 11.1 Å². The van der Waals surface area contributed by atoms with E-state index in [0.29, 0.717) is 40.2 Å². The lowest BCUT2D eigenvalue weighted by molar-refractivity contribution is 0.102. The van der Waals surface area contributed by atoms with Crippen molar-refractivity contribution in [1.29, 1.82) is 0 Å². The molecule has 0 N–H and O–H groups in total. The minimum atomic E-state index is -0.0792. The maximum absolute atomic E-state index is 12.9. The van der Waals surface area contributed by atoms with Crippen LogP contribution in [0.4, 0.5) is 0 Å². The fourth-order valence-corrected chi connectivity index (χ4v) is 3.79. The predicted octanol–water partition coefficient (Wildman–Crippen LogP) is 5.76. The van der Waals surface area contributed by atoms with Crippen LogP contribution in [0, 0.1) is 0 Å². The Labute approximate surface area is 193 Å². The Bertz CT molecular complexity index is 1180. The van der Waals surface area contributed by atoms with E-state index in [9.17, 15) is 9.59 Å². The van der Waals surface area contributed by atoms with Gasteiger partial charge in [-0.05, 0) is 41.8 Å². The smallest absolute Gasteiger partial charge is 0.196 e. The second-order valence-electron chi connectivity index (χ2n) is 7.64. The summed E-state index contributed by atoms with van der Waals surface area (Å²) in [5.74, 6) is 0.905. The maximum atomic E-state index is 12.9. The zero-order valence-electron chi connectivity index (χ0n) is 18.6. The predicted molar refractivity (Wildman–Crippen MR) is 129 cm³/mol. The van der Waals surface area contributed by atoms with Crippen LogP contribution in [0.1, 0.15) is 43.0 Å². The topological polar surface area (TPSA) is 52.6 Å². The molecule has 0 atom stereocenters. The molecule has 4 nitrogen and oxygen atoms in total. The number of hydrogen-bond donors (Lipinski definition) is 0. The lowest BCUT2D eigenvalue weighted by atomic mass is 9.96. The normalized spacial score (nSPS) is 10.5. The van der Waals surface area contributed by atoms with Crippen LogP contribution in [-0.2, 0) is 6.42 Å². The van der Waals surface area contributed by atoms with Crippen molar-refractivity contribution in [3.05, 3.63) is 130 Å². The Balaban J connectivity index is 1.59. The van der Waals surface area contributed by atoms with E-state index in [1.54, 1.807) is 50.6 Å². The monoisotopic (exact) mass is 436 g/mol. The molecular weight excluding hydrogens is 412 g/mol. The van der Waals surface area contributed by atoms with Crippen molar-refractivity contribution in [2.75, 3.05) is 14.2 Å². The molecule has 0 fully saturated rings. The summed E-state index contributed by atoms with van der Waals surface area (Å²) in [5.41, 5.74) is 4.25. The van der Waals surface area contributed by atoms with Crippen molar-refractivity contribution >= 4 is 11.6 Å². The number of rotatable bonds is 8. The molecule has 4 aromatic rings. The second-order valence-corrected chi connectivity index (χ2v) is 7.64. The molecule has 0 aliphatic rings. The number of carbonyl (C=O) groups excluding carboxylic acids is 2. The fourth-order valence-electron chi connectivity index (χ4n) is 3.79. The summed E-state index contributed by atoms with van der Waals surface area (Å²) in [5, 5.41) is 0. The van der Waals surface area contributed by atoms with E-state index in [2.05, 4.69) is 0 Å². The van der Waals surface area contributed by atoms with E-state index in [4.69, 9.17) is 9.47 Å². The summed E-state index contributed by atoms with van der Waals surface area (Å²) < 4.78 is 11.0. The second kappa shape index (κ2) is 9.96. The van der Waals surface area contributed by atoms with Gasteiger partial charge >= 0.3 is 0 Å². The van der Waals surface area contributed by atoms with Gasteiger partial charge in [-0.3, -0.25) is 9.59 Å². The highest BCUT2D eigenvalue weighted by atomic mass is 16.5. The van der Waals surface area contributed by atoms with Crippen LogP contribution in [0.15, 0.2) is 97.1 Å². The molecule has 4 rings (SSSR count). The number of hydrogen-bond acceptors (Lipinski definition) is 4. The summed E-state index contributed by atoms with van der Waals surface area (Å²) in [6.07, 6.45) is 0.604. The molecule has 0 unspecified atom stereocenters. The van der Waals surface area contributed by atoms with Crippen LogP contribution in [-0.4, -0.2) is 25.8 Å². The van der Waals surface area contributed by atoms with Gasteiger partial charge in [-0.1, -0.05) is 72.8 Å². The van der Waals surface area contributed by atoms with Gasteiger partial charge in [-0.15, -0.1) is 0 Å². The van der Waals surface area contributed by atoms with Gasteiger partial charge in [-0.2, -0.15) is 0 Å². The van der Waals surface area contributed by atoms with E-state index in [1.807, 2.05) is 60.7 Å². The van der Waals surface area contributed by atoms with Crippen LogP contribution < -0.4 is 9.47 Å². The highest BCUT2D eigenvalue weighted by Gasteiger charge is 2.17. The van der Waals surface area contributed by atoms with Gasteiger partial charge < -0.3 is 9.47 Å². The SMILES string of the molecule is COc1cc(Cc2ccc(C(=O)c3ccccc3)c(OC)c2)ccc1C(=O)c1ccccc1. The molecule has 164 valence electrons. The van der Waals surface area contributed by atoms with Gasteiger partial charge in [0.15, 0.2) is 11.6 Å². The Hall–Kier alpha value is -4.18. The third-order valence-electron chi connectivity index (χ3n) is 5.50. The van der Waals surface area contributed by atoms with Gasteiger partial charge in [0.25, 0.3) is 0 Å². The Morgan fingerprint density at radius 2 is 0.970 bits per heavy atom. The average molecular weight is 437 g/mol. The van der Waals surface area contributed by atoms with Crippen molar-refractivity contribution < 1.29 is 19.1 Å². The average Bonchev–Trinajstić information content (AvgIpc) is 2.88. The summed E-state index contributed by atoms with van der Waals surface area (Å²) in [6, 6.07) is 29.5. The molecule has 0 aliphatic heterocycles. The van der Waals surface area contributed by atoms with E-state index >= 15 is 0 Å². The van der Waals surface area contributed by atoms with Gasteiger partial charge in [0.05, 0.1) is 25.3 Å². The summed E-state index contributed by atoms with van der Waals surface area (Å²) in [6.45, 7) is 0. The lowest BCUT2D eigenvalue weighted by Crippen LogP contribution is -2.05. The van der Waals surface area contributed by atoms with Crippen LogP contribution in [0.3, 0.4) is 0 Å². The van der Waals surface area contributed by atoms with E-state index < -0.39 is 0 Å². The number of carbonyl (C=O) groups is 2. The highest BCUT2D eigenvalue weighted by Crippen LogP contribution is 2.27. The summed E-state index contributed by atoms with van der Waals surface area (Å²) in [7, 11) is 3.13. The molecule has 0 spiro atoms. The lowest BCUT2D eigenvalue weighted by Gasteiger charge is -2.12. The van der Waals surface area contributed by atoms with Crippen molar-refractivity contribution in [1.82, 2.24) is 0 Å². The Morgan fingerprint density at radius 1 is 0.576 bits per heavy atom. The van der Waals surface area contributed by atoms with Crippen LogP contribution in [0.5, 0.6) is 11.5 Å². The zero-order chi connectivity index (χ0) is 23.2. The molecule has 0 aliphatic carbocycles. The molecule has 0 bridgehead atoms. The first kappa shape index (κ1) is 22.0. The van der Waals surface area contributed by atoms with Crippen molar-refractivity contribution in [2.45, 2.75) is 6.42 Å². The zero-order valence-corrected chi connectivity index (χ0v) is 18.6. The Kier molecular flexibility index (Phi) is 6.65. The first-order valence-corrected chi connectivity index (χ1v) is 10.6. The molecule has 4 heteroatoms. The summed E-state index contributed by atoms with van der Waals surface area (Å²) in [4.78, 5) is 25.7. The Morgan fingerprint density at radius 3 is 1.33 bits per heavy atom. The first-order valence-electron chi connectivity index (χ1n) is 10.6. The van der Waals surface area contributed by atoms with E-state index in [1.165, 1.54) is 0 Å². The van der Waals surface area contributed by atoms with E-state index in [0.717, 1.165) is 11.1 Å². The molecule has 4 aromatic carbocycles. The number of ketones is 2. The van der Waals surface area contributed by atoms with Crippen molar-refractivity contribution in [3.8, 4) is 11.5 Å². The standard InChI is InChI=1S/C29H24O4/c1-32-26-18-20(13-15-24(26)28(30)22-9-5-3-6-10-22)17-21-14-16-25(27(19-21)33-2)29(31)23-11-7-4-8-12-23/h3-16,18-19H,17H2,1-2H3. The molecular formula is C29H24O4. The molecule has 0 radical (unpaired) electrons. The largest absolute Gasteiger partial charge is 0.496 e. The van der Waals surface area contributed by atoms with E-state index in [-0.39, 0.29) is 11.6 Å². The minimum Gasteiger partial charge on any atom is -0.496 e. The number of methoxy groups -OCH3 is 2. The quantitative estimate of drug-likeness (QED) is 0.330. The fraction of sp³-hybridized carbons (Fsp3) is 0.103. The van der Waals surface area contributed by atoms with Crippen molar-refractivity contribution in [2.24, 2.45) is 0 Å². The van der Waals surface area contributed by atoms with Crippen molar-refractivity contribution in [3.63, 3.8) is 0 Å². The third kappa shape index (κ3) is 4.85. The molecule has 0 heterocycles. The minimum absolute atomic E-state index is 0.0792. The molecule has 0 aromatic heterocycles. The number of benzene rings is 4.